The van der Waals surface area contributed by atoms with E-state index in [1.54, 1.807) is 0 Å². The molecule has 0 aliphatic carbocycles. The molecule has 1 aromatic rings. The maximum absolute atomic E-state index is 2.36. The predicted octanol–water partition coefficient (Wildman–Crippen LogP) is 3.52. The number of rotatable bonds is 2. The normalized spacial score (nSPS) is 11.0. The molecule has 0 atom stereocenters. The van der Waals surface area contributed by atoms with Gasteiger partial charge in [0.2, 0.25) is 0 Å². The summed E-state index contributed by atoms with van der Waals surface area (Å²) >= 11 is 1.90. The second-order valence-corrected chi connectivity index (χ2v) is 5.32. The van der Waals surface area contributed by atoms with Crippen LogP contribution in [0.3, 0.4) is 0 Å². The van der Waals surface area contributed by atoms with Crippen molar-refractivity contribution in [2.75, 3.05) is 11.9 Å². The SMILES string of the molecule is Cc1sc(C)c(N(C)C(C)C)c1C. The van der Waals surface area contributed by atoms with Gasteiger partial charge in [0.05, 0.1) is 5.69 Å². The molecule has 1 nitrogen and oxygen atoms in total. The predicted molar refractivity (Wildman–Crippen MR) is 62.1 cm³/mol. The van der Waals surface area contributed by atoms with E-state index in [0.717, 1.165) is 0 Å². The Hall–Kier alpha value is -0.500. The fourth-order valence-corrected chi connectivity index (χ4v) is 2.66. The first-order valence-corrected chi connectivity index (χ1v) is 5.56. The third-order valence-electron chi connectivity index (χ3n) is 2.65. The van der Waals surface area contributed by atoms with Crippen molar-refractivity contribution >= 4 is 17.0 Å². The Bertz CT molecular complexity index is 299. The number of hydrogen-bond donors (Lipinski definition) is 0. The van der Waals surface area contributed by atoms with Crippen LogP contribution in [-0.4, -0.2) is 13.1 Å². The fourth-order valence-electron chi connectivity index (χ4n) is 1.56. The first kappa shape index (κ1) is 10.6. The second kappa shape index (κ2) is 3.70. The molecule has 0 N–H and O–H groups in total. The third kappa shape index (κ3) is 1.88. The molecule has 1 rings (SSSR count). The molecule has 0 aromatic carbocycles. The second-order valence-electron chi connectivity index (χ2n) is 3.89. The van der Waals surface area contributed by atoms with E-state index < -0.39 is 0 Å². The van der Waals surface area contributed by atoms with Crippen molar-refractivity contribution in [1.82, 2.24) is 0 Å². The van der Waals surface area contributed by atoms with Gasteiger partial charge < -0.3 is 4.90 Å². The zero-order valence-electron chi connectivity index (χ0n) is 9.43. The van der Waals surface area contributed by atoms with Crippen LogP contribution in [-0.2, 0) is 0 Å². The van der Waals surface area contributed by atoms with E-state index in [4.69, 9.17) is 0 Å². The molecular weight excluding hydrogens is 178 g/mol. The number of aryl methyl sites for hydroxylation is 2. The van der Waals surface area contributed by atoms with Gasteiger partial charge in [-0.3, -0.25) is 0 Å². The first-order valence-electron chi connectivity index (χ1n) is 4.74. The topological polar surface area (TPSA) is 3.24 Å². The van der Waals surface area contributed by atoms with Crippen LogP contribution in [0.15, 0.2) is 0 Å². The van der Waals surface area contributed by atoms with E-state index in [9.17, 15) is 0 Å². The van der Waals surface area contributed by atoms with E-state index in [1.807, 2.05) is 11.3 Å². The molecule has 0 saturated heterocycles. The summed E-state index contributed by atoms with van der Waals surface area (Å²) in [5.41, 5.74) is 2.87. The average molecular weight is 197 g/mol. The lowest BCUT2D eigenvalue weighted by atomic mass is 10.2. The lowest BCUT2D eigenvalue weighted by Gasteiger charge is -2.24. The summed E-state index contributed by atoms with van der Waals surface area (Å²) in [7, 11) is 2.17. The minimum Gasteiger partial charge on any atom is -0.371 e. The van der Waals surface area contributed by atoms with Gasteiger partial charge in [-0.05, 0) is 40.2 Å². The van der Waals surface area contributed by atoms with Crippen molar-refractivity contribution in [3.8, 4) is 0 Å². The van der Waals surface area contributed by atoms with Gasteiger partial charge >= 0.3 is 0 Å². The molecule has 0 radical (unpaired) electrons. The van der Waals surface area contributed by atoms with Gasteiger partial charge in [0, 0.05) is 22.8 Å². The average Bonchev–Trinajstić information content (AvgIpc) is 2.26. The summed E-state index contributed by atoms with van der Waals surface area (Å²) in [6, 6.07) is 0.575. The van der Waals surface area contributed by atoms with Crippen molar-refractivity contribution < 1.29 is 0 Å². The van der Waals surface area contributed by atoms with E-state index in [2.05, 4.69) is 46.6 Å². The molecule has 0 bridgehead atoms. The molecule has 1 aromatic heterocycles. The molecule has 0 unspecified atom stereocenters. The van der Waals surface area contributed by atoms with Gasteiger partial charge in [0.25, 0.3) is 0 Å². The van der Waals surface area contributed by atoms with Gasteiger partial charge in [0.15, 0.2) is 0 Å². The Morgan fingerprint density at radius 3 is 1.92 bits per heavy atom. The number of nitrogens with zero attached hydrogens (tertiary/aromatic N) is 1. The van der Waals surface area contributed by atoms with E-state index in [-0.39, 0.29) is 0 Å². The Kier molecular flexibility index (Phi) is 3.01. The van der Waals surface area contributed by atoms with Crippen molar-refractivity contribution in [2.45, 2.75) is 40.7 Å². The minimum atomic E-state index is 0.575. The van der Waals surface area contributed by atoms with Crippen LogP contribution in [0.5, 0.6) is 0 Å². The first-order chi connectivity index (χ1) is 5.95. The summed E-state index contributed by atoms with van der Waals surface area (Å²) in [5.74, 6) is 0. The van der Waals surface area contributed by atoms with Crippen LogP contribution in [0.4, 0.5) is 5.69 Å². The molecule has 1 heterocycles. The quantitative estimate of drug-likeness (QED) is 0.701. The molecule has 0 aliphatic heterocycles. The highest BCUT2D eigenvalue weighted by molar-refractivity contribution is 7.12. The smallest absolute Gasteiger partial charge is 0.0536 e. The van der Waals surface area contributed by atoms with Crippen LogP contribution in [0, 0.1) is 20.8 Å². The number of thiophene rings is 1. The summed E-state index contributed by atoms with van der Waals surface area (Å²) < 4.78 is 0. The van der Waals surface area contributed by atoms with E-state index in [0.29, 0.717) is 6.04 Å². The highest BCUT2D eigenvalue weighted by atomic mass is 32.1. The molecule has 74 valence electrons. The Balaban J connectivity index is 3.13. The van der Waals surface area contributed by atoms with Gasteiger partial charge in [-0.1, -0.05) is 0 Å². The molecular formula is C11H19NS. The van der Waals surface area contributed by atoms with Crippen LogP contribution in [0.1, 0.15) is 29.2 Å². The molecule has 0 aliphatic rings. The molecule has 13 heavy (non-hydrogen) atoms. The van der Waals surface area contributed by atoms with Crippen molar-refractivity contribution in [3.05, 3.63) is 15.3 Å². The molecule has 0 fully saturated rings. The van der Waals surface area contributed by atoms with Gasteiger partial charge in [-0.2, -0.15) is 0 Å². The third-order valence-corrected chi connectivity index (χ3v) is 3.76. The largest absolute Gasteiger partial charge is 0.371 e. The van der Waals surface area contributed by atoms with Crippen LogP contribution < -0.4 is 4.90 Å². The highest BCUT2D eigenvalue weighted by Gasteiger charge is 2.14. The summed E-state index contributed by atoms with van der Waals surface area (Å²) in [6.07, 6.45) is 0. The number of anilines is 1. The molecule has 0 spiro atoms. The molecule has 0 saturated carbocycles. The minimum absolute atomic E-state index is 0.575. The summed E-state index contributed by atoms with van der Waals surface area (Å²) in [5, 5.41) is 0. The lowest BCUT2D eigenvalue weighted by molar-refractivity contribution is 0.752. The van der Waals surface area contributed by atoms with Gasteiger partial charge in [0.1, 0.15) is 0 Å². The van der Waals surface area contributed by atoms with Gasteiger partial charge in [-0.15, -0.1) is 11.3 Å². The van der Waals surface area contributed by atoms with E-state index >= 15 is 0 Å². The lowest BCUT2D eigenvalue weighted by Crippen LogP contribution is -2.26. The van der Waals surface area contributed by atoms with Crippen LogP contribution in [0.2, 0.25) is 0 Å². The Morgan fingerprint density at radius 1 is 1.08 bits per heavy atom. The maximum Gasteiger partial charge on any atom is 0.0536 e. The number of hydrogen-bond acceptors (Lipinski definition) is 2. The Morgan fingerprint density at radius 2 is 1.62 bits per heavy atom. The zero-order chi connectivity index (χ0) is 10.2. The van der Waals surface area contributed by atoms with Crippen LogP contribution >= 0.6 is 11.3 Å². The monoisotopic (exact) mass is 197 g/mol. The zero-order valence-corrected chi connectivity index (χ0v) is 10.2. The van der Waals surface area contributed by atoms with Gasteiger partial charge in [-0.25, -0.2) is 0 Å². The fraction of sp³-hybridized carbons (Fsp3) is 0.636. The van der Waals surface area contributed by atoms with Crippen molar-refractivity contribution in [1.29, 1.82) is 0 Å². The maximum atomic E-state index is 2.36. The summed E-state index contributed by atoms with van der Waals surface area (Å²) in [4.78, 5) is 5.24. The Labute approximate surface area is 85.4 Å². The van der Waals surface area contributed by atoms with E-state index in [1.165, 1.54) is 21.0 Å². The van der Waals surface area contributed by atoms with Crippen LogP contribution in [0.25, 0.3) is 0 Å². The molecule has 0 amide bonds. The van der Waals surface area contributed by atoms with Crippen molar-refractivity contribution in [2.24, 2.45) is 0 Å². The summed E-state index contributed by atoms with van der Waals surface area (Å²) in [6.45, 7) is 11.1. The standard InChI is InChI=1S/C11H19NS/c1-7(2)12(6)11-8(3)9(4)13-10(11)5/h7H,1-6H3. The van der Waals surface area contributed by atoms with Crippen molar-refractivity contribution in [3.63, 3.8) is 0 Å². The molecule has 2 heteroatoms. The highest BCUT2D eigenvalue weighted by Crippen LogP contribution is 2.34.